The van der Waals surface area contributed by atoms with Crippen LogP contribution in [-0.4, -0.2) is 43.2 Å². The van der Waals surface area contributed by atoms with E-state index >= 15 is 0 Å². The minimum Gasteiger partial charge on any atom is -0.460 e. The van der Waals surface area contributed by atoms with Gasteiger partial charge in [0.25, 0.3) is 0 Å². The zero-order chi connectivity index (χ0) is 26.8. The van der Waals surface area contributed by atoms with E-state index in [0.29, 0.717) is 24.7 Å². The molecule has 3 N–H and O–H groups in total. The number of esters is 2. The molecule has 0 aromatic carbocycles. The van der Waals surface area contributed by atoms with Crippen LogP contribution in [-0.2, 0) is 30.0 Å². The monoisotopic (exact) mass is 538 g/mol. The fourth-order valence-electron chi connectivity index (χ4n) is 4.46. The second kappa shape index (κ2) is 12.2. The summed E-state index contributed by atoms with van der Waals surface area (Å²) in [6.07, 6.45) is 4.58. The van der Waals surface area contributed by atoms with E-state index in [9.17, 15) is 13.8 Å². The normalized spacial score (nSPS) is 29.3. The fourth-order valence-corrected chi connectivity index (χ4v) is 5.38. The summed E-state index contributed by atoms with van der Waals surface area (Å²) in [5.74, 6) is 0.527. The van der Waals surface area contributed by atoms with Gasteiger partial charge < -0.3 is 15.2 Å². The second-order valence-corrected chi connectivity index (χ2v) is 15.8. The average Bonchev–Trinajstić information content (AvgIpc) is 2.47. The molecule has 0 bridgehead atoms. The van der Waals surface area contributed by atoms with Gasteiger partial charge in [-0.05, 0) is 114 Å². The molecule has 0 aliphatic heterocycles. The maximum atomic E-state index is 12.1. The second-order valence-electron chi connectivity index (χ2n) is 13.8. The summed E-state index contributed by atoms with van der Waals surface area (Å²) < 4.78 is 25.6. The Hall–Kier alpha value is -0.700. The van der Waals surface area contributed by atoms with Gasteiger partial charge in [0.05, 0.1) is 15.7 Å². The van der Waals surface area contributed by atoms with E-state index in [2.05, 4.69) is 11.6 Å². The Bertz CT molecular complexity index is 736. The van der Waals surface area contributed by atoms with E-state index in [-0.39, 0.29) is 45.8 Å². The molecular formula is C26H51ClN2O5S. The molecule has 0 radical (unpaired) electrons. The lowest BCUT2D eigenvalue weighted by atomic mass is 9.69. The zero-order valence-corrected chi connectivity index (χ0v) is 25.5. The molecule has 0 aromatic rings. The van der Waals surface area contributed by atoms with Crippen molar-refractivity contribution < 1.29 is 23.3 Å². The molecule has 0 spiro atoms. The molecule has 2 aliphatic carbocycles. The van der Waals surface area contributed by atoms with Crippen molar-refractivity contribution in [2.24, 2.45) is 17.6 Å². The van der Waals surface area contributed by atoms with Gasteiger partial charge in [-0.25, -0.2) is 8.93 Å². The summed E-state index contributed by atoms with van der Waals surface area (Å²) in [6, 6.07) is 0. The summed E-state index contributed by atoms with van der Waals surface area (Å²) in [5.41, 5.74) is 4.90. The van der Waals surface area contributed by atoms with E-state index in [1.807, 2.05) is 69.2 Å². The van der Waals surface area contributed by atoms with Crippen LogP contribution in [0.1, 0.15) is 115 Å². The molecule has 1 unspecified atom stereocenters. The Morgan fingerprint density at radius 3 is 1.46 bits per heavy atom. The van der Waals surface area contributed by atoms with Gasteiger partial charge in [-0.1, -0.05) is 0 Å². The van der Waals surface area contributed by atoms with E-state index < -0.39 is 16.6 Å². The smallest absolute Gasteiger partial charge is 0.306 e. The van der Waals surface area contributed by atoms with Crippen LogP contribution in [0.25, 0.3) is 0 Å². The van der Waals surface area contributed by atoms with Crippen LogP contribution in [0.3, 0.4) is 0 Å². The molecule has 0 heterocycles. The van der Waals surface area contributed by atoms with Gasteiger partial charge in [-0.15, -0.1) is 12.4 Å². The Labute approximate surface area is 222 Å². The predicted molar refractivity (Wildman–Crippen MR) is 146 cm³/mol. The minimum atomic E-state index is -1.07. The lowest BCUT2D eigenvalue weighted by Gasteiger charge is -2.46. The van der Waals surface area contributed by atoms with E-state index in [1.165, 1.54) is 0 Å². The number of carbonyl (C=O) groups is 2. The van der Waals surface area contributed by atoms with Crippen molar-refractivity contribution in [3.63, 3.8) is 0 Å². The predicted octanol–water partition coefficient (Wildman–Crippen LogP) is 5.21. The molecule has 2 rings (SSSR count). The summed E-state index contributed by atoms with van der Waals surface area (Å²) in [5, 5.41) is 0. The summed E-state index contributed by atoms with van der Waals surface area (Å²) in [7, 11) is -1.07. The molecule has 2 fully saturated rings. The third-order valence-electron chi connectivity index (χ3n) is 5.63. The first-order valence-corrected chi connectivity index (χ1v) is 13.6. The highest BCUT2D eigenvalue weighted by Crippen LogP contribution is 2.41. The minimum absolute atomic E-state index is 0. The standard InChI is InChI=1S/C15H29NO3S.C11H21NO2.ClH/c1-13(2,3)19-12(17)8-11-9-15(7,10-11)16-20(18)14(4,5)6;1-10(2,3)14-9(13)5-8-6-11(4,12)7-8;/h11,16H,8-10H2,1-7H3;8H,5-7,12H2,1-4H3;1H. The van der Waals surface area contributed by atoms with E-state index in [4.69, 9.17) is 15.2 Å². The van der Waals surface area contributed by atoms with E-state index in [1.54, 1.807) is 0 Å². The van der Waals surface area contributed by atoms with Crippen molar-refractivity contribution in [3.8, 4) is 0 Å². The first kappa shape index (κ1) is 34.3. The fraction of sp³-hybridized carbons (Fsp3) is 0.923. The maximum absolute atomic E-state index is 12.1. The number of halogens is 1. The van der Waals surface area contributed by atoms with Crippen molar-refractivity contribution in [2.75, 3.05) is 0 Å². The number of ether oxygens (including phenoxy) is 2. The first-order chi connectivity index (χ1) is 15.0. The third kappa shape index (κ3) is 14.0. The molecule has 2 saturated carbocycles. The van der Waals surface area contributed by atoms with Crippen LogP contribution in [0.15, 0.2) is 0 Å². The molecule has 35 heavy (non-hydrogen) atoms. The van der Waals surface area contributed by atoms with Gasteiger partial charge in [-0.2, -0.15) is 0 Å². The van der Waals surface area contributed by atoms with Crippen LogP contribution in [0, 0.1) is 11.8 Å². The molecule has 0 saturated heterocycles. The van der Waals surface area contributed by atoms with E-state index in [0.717, 1.165) is 25.7 Å². The highest BCUT2D eigenvalue weighted by atomic mass is 35.5. The van der Waals surface area contributed by atoms with Crippen molar-refractivity contribution in [3.05, 3.63) is 0 Å². The lowest BCUT2D eigenvalue weighted by molar-refractivity contribution is -0.158. The number of carbonyl (C=O) groups excluding carboxylic acids is 2. The van der Waals surface area contributed by atoms with Crippen molar-refractivity contribution in [2.45, 2.75) is 142 Å². The van der Waals surface area contributed by atoms with Gasteiger partial charge in [-0.3, -0.25) is 9.59 Å². The van der Waals surface area contributed by atoms with Crippen molar-refractivity contribution in [1.82, 2.24) is 4.72 Å². The molecule has 9 heteroatoms. The number of hydrogen-bond donors (Lipinski definition) is 2. The van der Waals surface area contributed by atoms with Crippen LogP contribution in [0.4, 0.5) is 0 Å². The SMILES string of the molecule is CC1(N)CC(CC(=O)OC(C)(C)C)C1.CC1(NS(=O)C(C)(C)C)CC(CC(=O)OC(C)(C)C)C1.Cl. The average molecular weight is 539 g/mol. The van der Waals surface area contributed by atoms with Gasteiger partial charge >= 0.3 is 11.9 Å². The highest BCUT2D eigenvalue weighted by molar-refractivity contribution is 7.84. The molecule has 0 aromatic heterocycles. The molecule has 0 amide bonds. The Morgan fingerprint density at radius 1 is 0.829 bits per heavy atom. The molecular weight excluding hydrogens is 488 g/mol. The Morgan fingerprint density at radius 2 is 1.17 bits per heavy atom. The lowest BCUT2D eigenvalue weighted by Crippen LogP contribution is -2.56. The molecule has 1 atom stereocenters. The topological polar surface area (TPSA) is 108 Å². The summed E-state index contributed by atoms with van der Waals surface area (Å²) in [6.45, 7) is 21.3. The van der Waals surface area contributed by atoms with Crippen molar-refractivity contribution >= 4 is 35.3 Å². The Kier molecular flexibility index (Phi) is 12.0. The summed E-state index contributed by atoms with van der Waals surface area (Å²) in [4.78, 5) is 23.2. The first-order valence-electron chi connectivity index (χ1n) is 12.4. The third-order valence-corrected chi connectivity index (χ3v) is 7.42. The molecule has 7 nitrogen and oxygen atoms in total. The number of nitrogens with two attached hydrogens (primary N) is 1. The van der Waals surface area contributed by atoms with Crippen molar-refractivity contribution in [1.29, 1.82) is 0 Å². The number of rotatable bonds is 6. The Balaban J connectivity index is 0.000000680. The largest absolute Gasteiger partial charge is 0.460 e. The summed E-state index contributed by atoms with van der Waals surface area (Å²) >= 11 is 0. The van der Waals surface area contributed by atoms with Crippen LogP contribution < -0.4 is 10.5 Å². The van der Waals surface area contributed by atoms with Crippen LogP contribution in [0.5, 0.6) is 0 Å². The zero-order valence-electron chi connectivity index (χ0n) is 23.8. The van der Waals surface area contributed by atoms with Gasteiger partial charge in [0.2, 0.25) is 0 Å². The number of nitrogens with one attached hydrogen (secondary N) is 1. The van der Waals surface area contributed by atoms with Gasteiger partial charge in [0.15, 0.2) is 0 Å². The molecule has 208 valence electrons. The van der Waals surface area contributed by atoms with Gasteiger partial charge in [0.1, 0.15) is 11.2 Å². The quantitative estimate of drug-likeness (QED) is 0.449. The maximum Gasteiger partial charge on any atom is 0.306 e. The highest BCUT2D eigenvalue weighted by Gasteiger charge is 2.43. The van der Waals surface area contributed by atoms with Crippen LogP contribution >= 0.6 is 12.4 Å². The molecule has 2 aliphatic rings. The van der Waals surface area contributed by atoms with Gasteiger partial charge in [0, 0.05) is 23.9 Å². The van der Waals surface area contributed by atoms with Crippen LogP contribution in [0.2, 0.25) is 0 Å². The number of hydrogen-bond acceptors (Lipinski definition) is 6.